The maximum atomic E-state index is 14.2. The first-order valence-corrected chi connectivity index (χ1v) is 20.8. The number of benzene rings is 4. The molecular formula is C47H54N4O7. The lowest BCUT2D eigenvalue weighted by Gasteiger charge is -2.37. The predicted molar refractivity (Wildman–Crippen MR) is 223 cm³/mol. The molecule has 0 saturated carbocycles. The molecule has 3 fully saturated rings. The number of aliphatic hydroxyl groups excluding tert-OH is 1. The van der Waals surface area contributed by atoms with Crippen LogP contribution in [0, 0.1) is 5.92 Å². The number of ether oxygens (including phenoxy) is 3. The summed E-state index contributed by atoms with van der Waals surface area (Å²) in [4.78, 5) is 31.0. The molecule has 4 heterocycles. The van der Waals surface area contributed by atoms with E-state index in [1.165, 1.54) is 24.1 Å². The summed E-state index contributed by atoms with van der Waals surface area (Å²) in [7, 11) is 0. The fourth-order valence-corrected chi connectivity index (χ4v) is 8.92. The number of aryl methyl sites for hydroxylation is 1. The minimum absolute atomic E-state index is 0.0286. The Morgan fingerprint density at radius 2 is 1.74 bits per heavy atom. The van der Waals surface area contributed by atoms with Gasteiger partial charge in [0.25, 0.3) is 0 Å². The quantitative estimate of drug-likeness (QED) is 0.0542. The van der Waals surface area contributed by atoms with Crippen LogP contribution in [0.15, 0.2) is 102 Å². The zero-order chi connectivity index (χ0) is 39.9. The number of carbonyl (C=O) groups excluding carboxylic acids is 1. The zero-order valence-corrected chi connectivity index (χ0v) is 33.0. The first-order valence-electron chi connectivity index (χ1n) is 20.8. The maximum absolute atomic E-state index is 14.2. The minimum atomic E-state index is -0.886. The third-order valence-electron chi connectivity index (χ3n) is 12.1. The van der Waals surface area contributed by atoms with E-state index in [1.54, 1.807) is 12.1 Å². The van der Waals surface area contributed by atoms with Crippen molar-refractivity contribution in [3.05, 3.63) is 135 Å². The fourth-order valence-electron chi connectivity index (χ4n) is 8.92. The molecule has 3 unspecified atom stereocenters. The van der Waals surface area contributed by atoms with Crippen LogP contribution in [0.3, 0.4) is 0 Å². The van der Waals surface area contributed by atoms with E-state index in [4.69, 9.17) is 14.2 Å². The topological polar surface area (TPSA) is 145 Å². The lowest BCUT2D eigenvalue weighted by molar-refractivity contribution is -0.163. The van der Waals surface area contributed by atoms with Crippen molar-refractivity contribution in [2.45, 2.75) is 75.8 Å². The van der Waals surface area contributed by atoms with Gasteiger partial charge in [-0.25, -0.2) is 4.79 Å². The van der Waals surface area contributed by atoms with Gasteiger partial charge in [-0.05, 0) is 135 Å². The van der Waals surface area contributed by atoms with E-state index < -0.39 is 11.6 Å². The highest BCUT2D eigenvalue weighted by atomic mass is 16.5. The van der Waals surface area contributed by atoms with Crippen molar-refractivity contribution in [2.24, 2.45) is 5.92 Å². The molecule has 5 atom stereocenters. The molecule has 5 N–H and O–H groups in total. The molecule has 4 aliphatic rings. The Balaban J connectivity index is 0.798. The number of phenolic OH excluding ortho intramolecular Hbond substituents is 1. The van der Waals surface area contributed by atoms with Crippen molar-refractivity contribution in [1.82, 2.24) is 20.5 Å². The summed E-state index contributed by atoms with van der Waals surface area (Å²) in [5, 5.41) is 28.5. The van der Waals surface area contributed by atoms with E-state index in [0.717, 1.165) is 79.9 Å². The van der Waals surface area contributed by atoms with Crippen molar-refractivity contribution in [1.29, 1.82) is 0 Å². The second-order valence-electron chi connectivity index (χ2n) is 16.0. The van der Waals surface area contributed by atoms with Crippen molar-refractivity contribution in [2.75, 3.05) is 39.3 Å². The molecule has 5 aromatic rings. The van der Waals surface area contributed by atoms with Crippen molar-refractivity contribution >= 4 is 16.9 Å². The van der Waals surface area contributed by atoms with Gasteiger partial charge in [-0.1, -0.05) is 54.6 Å². The highest BCUT2D eigenvalue weighted by Crippen LogP contribution is 2.40. The number of aliphatic hydroxyl groups is 1. The van der Waals surface area contributed by atoms with E-state index in [1.807, 2.05) is 54.6 Å². The van der Waals surface area contributed by atoms with E-state index in [9.17, 15) is 19.8 Å². The Morgan fingerprint density at radius 1 is 0.914 bits per heavy atom. The number of nitrogens with zero attached hydrogens (tertiary/aromatic N) is 1. The largest absolute Gasteiger partial charge is 0.506 e. The molecule has 1 aromatic heterocycles. The first kappa shape index (κ1) is 39.6. The van der Waals surface area contributed by atoms with Crippen LogP contribution < -0.4 is 25.7 Å². The summed E-state index contributed by atoms with van der Waals surface area (Å²) in [6.45, 7) is 5.51. The van der Waals surface area contributed by atoms with E-state index in [-0.39, 0.29) is 23.4 Å². The second-order valence-corrected chi connectivity index (χ2v) is 16.0. The Morgan fingerprint density at radius 3 is 2.64 bits per heavy atom. The van der Waals surface area contributed by atoms with Crippen LogP contribution in [0.4, 0.5) is 0 Å². The molecule has 11 nitrogen and oxygen atoms in total. The van der Waals surface area contributed by atoms with Gasteiger partial charge in [-0.3, -0.25) is 15.0 Å². The Labute approximate surface area is 339 Å². The van der Waals surface area contributed by atoms with Gasteiger partial charge in [0.15, 0.2) is 0 Å². The molecular weight excluding hydrogens is 733 g/mol. The number of nitrogens with one attached hydrogen (secondary N) is 3. The summed E-state index contributed by atoms with van der Waals surface area (Å²) in [5.74, 6) is 1.79. The van der Waals surface area contributed by atoms with Gasteiger partial charge < -0.3 is 34.7 Å². The summed E-state index contributed by atoms with van der Waals surface area (Å²) < 4.78 is 18.7. The zero-order valence-electron chi connectivity index (χ0n) is 33.0. The number of pyridine rings is 1. The minimum Gasteiger partial charge on any atom is -0.506 e. The predicted octanol–water partition coefficient (Wildman–Crippen LogP) is 6.25. The number of H-pyrrole nitrogens is 1. The molecule has 0 spiro atoms. The molecule has 4 aromatic carbocycles. The van der Waals surface area contributed by atoms with Crippen LogP contribution in [0.2, 0.25) is 0 Å². The molecule has 11 heteroatoms. The maximum Gasteiger partial charge on any atom is 0.331 e. The third kappa shape index (κ3) is 9.08. The van der Waals surface area contributed by atoms with Crippen LogP contribution in [-0.4, -0.2) is 71.5 Å². The number of fused-ring (bicyclic) bond motifs is 6. The molecule has 9 rings (SSSR count). The second kappa shape index (κ2) is 18.2. The number of unbranched alkanes of at least 4 members (excludes halogenated alkanes) is 1. The Hall–Kier alpha value is -5.20. The van der Waals surface area contributed by atoms with E-state index in [0.29, 0.717) is 61.7 Å². The number of aromatic hydroxyl groups is 1. The summed E-state index contributed by atoms with van der Waals surface area (Å²) in [6, 6.07) is 30.4. The molecule has 3 aliphatic heterocycles. The first-order chi connectivity index (χ1) is 28.3. The molecule has 58 heavy (non-hydrogen) atoms. The average Bonchev–Trinajstić information content (AvgIpc) is 3.33. The fraction of sp³-hybridized carbons (Fsp3) is 0.404. The highest BCUT2D eigenvalue weighted by Gasteiger charge is 2.48. The van der Waals surface area contributed by atoms with Crippen LogP contribution in [0.1, 0.15) is 72.4 Å². The van der Waals surface area contributed by atoms with Crippen LogP contribution in [0.25, 0.3) is 10.9 Å². The average molecular weight is 787 g/mol. The van der Waals surface area contributed by atoms with E-state index >= 15 is 0 Å². The molecule has 304 valence electrons. The number of rotatable bonds is 17. The number of aromatic nitrogens is 1. The normalized spacial score (nSPS) is 21.6. The van der Waals surface area contributed by atoms with Crippen LogP contribution in [0.5, 0.6) is 17.2 Å². The standard InChI is InChI=1S/C47H54N4O7/c52-41-17-15-38(39-16-18-44(54)50-45(39)41)42(53)29-48-22-3-4-25-56-36-12-6-9-33(27-36)31-57-37-13-5-8-32(26-37)28-49-47(21-19-34-10-1-2-14-40(34)47)46(55)58-43-30-51-23-7-11-35(43)20-24-51/h1-2,5-6,8-10,12-18,26-27,35,42-43,48-49,52-53H,3-4,7,11,19-25,28-31H2,(H,50,54)/t35?,42-,43-,47?/m0/s1. The smallest absolute Gasteiger partial charge is 0.331 e. The van der Waals surface area contributed by atoms with Gasteiger partial charge in [0.05, 0.1) is 18.2 Å². The van der Waals surface area contributed by atoms with Gasteiger partial charge in [-0.2, -0.15) is 0 Å². The van der Waals surface area contributed by atoms with Gasteiger partial charge in [0, 0.05) is 31.1 Å². The molecule has 1 aliphatic carbocycles. The van der Waals surface area contributed by atoms with E-state index in [2.05, 4.69) is 38.7 Å². The monoisotopic (exact) mass is 786 g/mol. The number of piperidine rings is 1. The number of hydrogen-bond acceptors (Lipinski definition) is 10. The molecule has 2 bridgehead atoms. The van der Waals surface area contributed by atoms with Gasteiger partial charge in [0.2, 0.25) is 5.56 Å². The molecule has 0 amide bonds. The van der Waals surface area contributed by atoms with Crippen molar-refractivity contribution < 1.29 is 29.2 Å². The summed E-state index contributed by atoms with van der Waals surface area (Å²) >= 11 is 0. The SMILES string of the molecule is O=C(O[C@H]1CN2CCCC1CC2)C1(NCc2cccc(OCc3cccc(OCCCCNC[C@H](O)c4ccc(O)c5[nH]c(=O)ccc45)c3)c2)CCc2ccccc21. The van der Waals surface area contributed by atoms with Crippen molar-refractivity contribution in [3.63, 3.8) is 0 Å². The number of carbonyl (C=O) groups is 1. The van der Waals surface area contributed by atoms with Gasteiger partial charge >= 0.3 is 5.97 Å². The lowest BCUT2D eigenvalue weighted by Crippen LogP contribution is -2.52. The highest BCUT2D eigenvalue weighted by molar-refractivity contribution is 5.87. The number of esters is 1. The number of hydrogen-bond donors (Lipinski definition) is 5. The third-order valence-corrected chi connectivity index (χ3v) is 12.1. The van der Waals surface area contributed by atoms with Gasteiger partial charge in [0.1, 0.15) is 35.5 Å². The Bertz CT molecular complexity index is 2260. The van der Waals surface area contributed by atoms with Crippen molar-refractivity contribution in [3.8, 4) is 17.2 Å². The number of phenols is 1. The van der Waals surface area contributed by atoms with Crippen LogP contribution >= 0.6 is 0 Å². The van der Waals surface area contributed by atoms with Gasteiger partial charge in [-0.15, -0.1) is 0 Å². The molecule has 3 saturated heterocycles. The Kier molecular flexibility index (Phi) is 12.4. The summed E-state index contributed by atoms with van der Waals surface area (Å²) in [5.41, 5.74) is 4.02. The van der Waals surface area contributed by atoms with Crippen LogP contribution in [-0.2, 0) is 34.6 Å². The number of aromatic amines is 1. The molecule has 0 radical (unpaired) electrons. The lowest BCUT2D eigenvalue weighted by atomic mass is 9.89. The summed E-state index contributed by atoms with van der Waals surface area (Å²) in [6.07, 6.45) is 5.74.